The van der Waals surface area contributed by atoms with E-state index in [1.165, 1.54) is 24.3 Å². The van der Waals surface area contributed by atoms with E-state index in [0.717, 1.165) is 25.7 Å². The number of esters is 1. The van der Waals surface area contributed by atoms with Crippen LogP contribution in [0, 0.1) is 11.8 Å². The van der Waals surface area contributed by atoms with Gasteiger partial charge in [0.1, 0.15) is 11.9 Å². The molecule has 0 aromatic carbocycles. The highest BCUT2D eigenvalue weighted by molar-refractivity contribution is 5.97. The Morgan fingerprint density at radius 2 is 1.88 bits per heavy atom. The minimum absolute atomic E-state index is 0.0144. The van der Waals surface area contributed by atoms with Crippen LogP contribution < -0.4 is 10.6 Å². The lowest BCUT2D eigenvalue weighted by atomic mass is 9.89. The Morgan fingerprint density at radius 3 is 2.46 bits per heavy atom. The summed E-state index contributed by atoms with van der Waals surface area (Å²) >= 11 is 0. The van der Waals surface area contributed by atoms with E-state index in [2.05, 4.69) is 15.7 Å². The average molecular weight is 364 g/mol. The molecule has 1 unspecified atom stereocenters. The third-order valence-corrected chi connectivity index (χ3v) is 4.75. The first kappa shape index (κ1) is 19.9. The van der Waals surface area contributed by atoms with E-state index < -0.39 is 17.9 Å². The quantitative estimate of drug-likeness (QED) is 0.750. The third kappa shape index (κ3) is 4.83. The SMILES string of the molecule is COC(=O)C(NC(=O)c1cc(NC(=O)C2CCCCC2)n(C)n1)C(C)C. The van der Waals surface area contributed by atoms with Gasteiger partial charge in [0, 0.05) is 19.0 Å². The Labute approximate surface area is 153 Å². The summed E-state index contributed by atoms with van der Waals surface area (Å²) in [6.45, 7) is 3.63. The van der Waals surface area contributed by atoms with Crippen LogP contribution in [0.5, 0.6) is 0 Å². The molecule has 1 aromatic rings. The van der Waals surface area contributed by atoms with E-state index in [-0.39, 0.29) is 23.4 Å². The summed E-state index contributed by atoms with van der Waals surface area (Å²) in [6.07, 6.45) is 5.11. The van der Waals surface area contributed by atoms with Crippen LogP contribution >= 0.6 is 0 Å². The zero-order valence-electron chi connectivity index (χ0n) is 15.9. The highest BCUT2D eigenvalue weighted by atomic mass is 16.5. The Morgan fingerprint density at radius 1 is 1.23 bits per heavy atom. The average Bonchev–Trinajstić information content (AvgIpc) is 3.00. The standard InChI is InChI=1S/C18H28N4O4/c1-11(2)15(18(25)26-4)20-17(24)13-10-14(22(3)21-13)19-16(23)12-8-6-5-7-9-12/h10-12,15H,5-9H2,1-4H3,(H,19,23)(H,20,24). The van der Waals surface area contributed by atoms with Gasteiger partial charge >= 0.3 is 5.97 Å². The van der Waals surface area contributed by atoms with Crippen LogP contribution in [0.2, 0.25) is 0 Å². The second-order valence-electron chi connectivity index (χ2n) is 7.08. The van der Waals surface area contributed by atoms with Crippen LogP contribution in [-0.2, 0) is 21.4 Å². The minimum atomic E-state index is -0.755. The van der Waals surface area contributed by atoms with Crippen LogP contribution in [0.4, 0.5) is 5.82 Å². The fourth-order valence-electron chi connectivity index (χ4n) is 3.13. The summed E-state index contributed by atoms with van der Waals surface area (Å²) in [5, 5.41) is 9.64. The van der Waals surface area contributed by atoms with Crippen LogP contribution in [-0.4, -0.2) is 40.7 Å². The van der Waals surface area contributed by atoms with Crippen molar-refractivity contribution < 1.29 is 19.1 Å². The molecule has 1 fully saturated rings. The van der Waals surface area contributed by atoms with Crippen molar-refractivity contribution in [3.05, 3.63) is 11.8 Å². The minimum Gasteiger partial charge on any atom is -0.467 e. The topological polar surface area (TPSA) is 102 Å². The Hall–Kier alpha value is -2.38. The second kappa shape index (κ2) is 8.82. The Kier molecular flexibility index (Phi) is 6.76. The van der Waals surface area contributed by atoms with E-state index in [9.17, 15) is 14.4 Å². The molecular weight excluding hydrogens is 336 g/mol. The van der Waals surface area contributed by atoms with Gasteiger partial charge in [-0.25, -0.2) is 4.79 Å². The van der Waals surface area contributed by atoms with Crippen molar-refractivity contribution in [1.29, 1.82) is 0 Å². The molecule has 1 aliphatic rings. The molecule has 8 nitrogen and oxygen atoms in total. The number of carbonyl (C=O) groups is 3. The molecule has 1 aliphatic carbocycles. The first-order valence-electron chi connectivity index (χ1n) is 9.07. The highest BCUT2D eigenvalue weighted by Gasteiger charge is 2.27. The van der Waals surface area contributed by atoms with Crippen molar-refractivity contribution in [3.8, 4) is 0 Å². The number of nitrogens with zero attached hydrogens (tertiary/aromatic N) is 2. The molecule has 2 N–H and O–H groups in total. The maximum Gasteiger partial charge on any atom is 0.328 e. The molecule has 0 saturated heterocycles. The molecule has 8 heteroatoms. The molecule has 0 radical (unpaired) electrons. The number of methoxy groups -OCH3 is 1. The molecule has 1 saturated carbocycles. The van der Waals surface area contributed by atoms with Gasteiger partial charge in [0.15, 0.2) is 5.69 Å². The van der Waals surface area contributed by atoms with Gasteiger partial charge in [0.05, 0.1) is 7.11 Å². The van der Waals surface area contributed by atoms with Gasteiger partial charge in [0.25, 0.3) is 5.91 Å². The number of anilines is 1. The molecule has 2 rings (SSSR count). The molecule has 2 amide bonds. The lowest BCUT2D eigenvalue weighted by Gasteiger charge is -2.20. The number of amides is 2. The monoisotopic (exact) mass is 364 g/mol. The number of aromatic nitrogens is 2. The number of rotatable bonds is 6. The number of ether oxygens (including phenoxy) is 1. The Balaban J connectivity index is 2.04. The lowest BCUT2D eigenvalue weighted by Crippen LogP contribution is -2.45. The van der Waals surface area contributed by atoms with Crippen LogP contribution in [0.3, 0.4) is 0 Å². The summed E-state index contributed by atoms with van der Waals surface area (Å²) in [7, 11) is 2.94. The summed E-state index contributed by atoms with van der Waals surface area (Å²) in [5.74, 6) is -0.668. The van der Waals surface area contributed by atoms with Gasteiger partial charge in [-0.2, -0.15) is 5.10 Å². The van der Waals surface area contributed by atoms with E-state index >= 15 is 0 Å². The first-order valence-corrected chi connectivity index (χ1v) is 9.07. The van der Waals surface area contributed by atoms with Gasteiger partial charge in [-0.05, 0) is 18.8 Å². The van der Waals surface area contributed by atoms with Crippen LogP contribution in [0.1, 0.15) is 56.4 Å². The fourth-order valence-corrected chi connectivity index (χ4v) is 3.13. The van der Waals surface area contributed by atoms with Crippen molar-refractivity contribution in [2.45, 2.75) is 52.0 Å². The zero-order chi connectivity index (χ0) is 19.3. The van der Waals surface area contributed by atoms with Crippen LogP contribution in [0.25, 0.3) is 0 Å². The van der Waals surface area contributed by atoms with Crippen molar-refractivity contribution >= 4 is 23.6 Å². The summed E-state index contributed by atoms with van der Waals surface area (Å²) in [4.78, 5) is 36.6. The van der Waals surface area contributed by atoms with E-state index in [4.69, 9.17) is 4.74 Å². The van der Waals surface area contributed by atoms with Crippen molar-refractivity contribution in [1.82, 2.24) is 15.1 Å². The number of nitrogens with one attached hydrogen (secondary N) is 2. The first-order chi connectivity index (χ1) is 12.3. The van der Waals surface area contributed by atoms with E-state index in [1.54, 1.807) is 7.05 Å². The predicted octanol–water partition coefficient (Wildman–Crippen LogP) is 1.87. The summed E-state index contributed by atoms with van der Waals surface area (Å²) < 4.78 is 6.18. The normalized spacial score (nSPS) is 16.2. The largest absolute Gasteiger partial charge is 0.467 e. The maximum absolute atomic E-state index is 12.4. The van der Waals surface area contributed by atoms with Gasteiger partial charge in [-0.1, -0.05) is 33.1 Å². The van der Waals surface area contributed by atoms with Crippen molar-refractivity contribution in [2.24, 2.45) is 18.9 Å². The molecule has 0 aliphatic heterocycles. The lowest BCUT2D eigenvalue weighted by molar-refractivity contribution is -0.144. The molecule has 1 heterocycles. The van der Waals surface area contributed by atoms with Gasteiger partial charge in [-0.15, -0.1) is 0 Å². The molecule has 144 valence electrons. The van der Waals surface area contributed by atoms with E-state index in [0.29, 0.717) is 5.82 Å². The molecule has 26 heavy (non-hydrogen) atoms. The maximum atomic E-state index is 12.4. The summed E-state index contributed by atoms with van der Waals surface area (Å²) in [6, 6.07) is 0.764. The van der Waals surface area contributed by atoms with Gasteiger partial charge in [0.2, 0.25) is 5.91 Å². The number of carbonyl (C=O) groups excluding carboxylic acids is 3. The Bertz CT molecular complexity index is 662. The summed E-state index contributed by atoms with van der Waals surface area (Å²) in [5.41, 5.74) is 0.140. The van der Waals surface area contributed by atoms with Crippen molar-refractivity contribution in [2.75, 3.05) is 12.4 Å². The second-order valence-corrected chi connectivity index (χ2v) is 7.08. The third-order valence-electron chi connectivity index (χ3n) is 4.75. The number of hydrogen-bond donors (Lipinski definition) is 2. The molecule has 0 bridgehead atoms. The fraction of sp³-hybridized carbons (Fsp3) is 0.667. The molecular formula is C18H28N4O4. The molecule has 0 spiro atoms. The smallest absolute Gasteiger partial charge is 0.328 e. The van der Waals surface area contributed by atoms with Crippen molar-refractivity contribution in [3.63, 3.8) is 0 Å². The number of hydrogen-bond acceptors (Lipinski definition) is 5. The van der Waals surface area contributed by atoms with Gasteiger partial charge < -0.3 is 15.4 Å². The number of aryl methyl sites for hydroxylation is 1. The zero-order valence-corrected chi connectivity index (χ0v) is 15.9. The van der Waals surface area contributed by atoms with Crippen LogP contribution in [0.15, 0.2) is 6.07 Å². The van der Waals surface area contributed by atoms with E-state index in [1.807, 2.05) is 13.8 Å². The predicted molar refractivity (Wildman–Crippen MR) is 96.5 cm³/mol. The molecule has 1 aromatic heterocycles. The highest BCUT2D eigenvalue weighted by Crippen LogP contribution is 2.25. The molecule has 1 atom stereocenters. The van der Waals surface area contributed by atoms with Gasteiger partial charge in [-0.3, -0.25) is 14.3 Å².